The van der Waals surface area contributed by atoms with E-state index >= 15 is 0 Å². The van der Waals surface area contributed by atoms with Crippen LogP contribution in [0.2, 0.25) is 0 Å². The zero-order chi connectivity index (χ0) is 19.3. The minimum atomic E-state index is 0.476. The van der Waals surface area contributed by atoms with E-state index in [4.69, 9.17) is 10.1 Å². The van der Waals surface area contributed by atoms with Crippen molar-refractivity contribution in [2.75, 3.05) is 19.0 Å². The molecule has 0 aliphatic carbocycles. The zero-order valence-corrected chi connectivity index (χ0v) is 16.8. The summed E-state index contributed by atoms with van der Waals surface area (Å²) in [5.41, 5.74) is 2.17. The van der Waals surface area contributed by atoms with Crippen LogP contribution in [0.5, 0.6) is 5.75 Å². The second-order valence-corrected chi connectivity index (χ2v) is 6.90. The third kappa shape index (κ3) is 7.05. The number of hydrogen-bond donors (Lipinski definition) is 2. The maximum Gasteiger partial charge on any atom is 0.135 e. The van der Waals surface area contributed by atoms with Gasteiger partial charge in [-0.15, -0.1) is 0 Å². The van der Waals surface area contributed by atoms with Crippen LogP contribution in [0.3, 0.4) is 0 Å². The number of anilines is 1. The van der Waals surface area contributed by atoms with Crippen molar-refractivity contribution in [2.24, 2.45) is 0 Å². The van der Waals surface area contributed by atoms with Gasteiger partial charge in [-0.3, -0.25) is 5.41 Å². The van der Waals surface area contributed by atoms with Crippen LogP contribution in [0.1, 0.15) is 69.4 Å². The molecule has 0 aliphatic rings. The summed E-state index contributed by atoms with van der Waals surface area (Å²) in [6.45, 7) is 3.15. The number of rotatable bonds is 13. The molecule has 0 aliphatic heterocycles. The van der Waals surface area contributed by atoms with Crippen molar-refractivity contribution >= 4 is 11.5 Å². The van der Waals surface area contributed by atoms with Gasteiger partial charge in [0.1, 0.15) is 11.6 Å². The Labute approximate surface area is 163 Å². The number of unbranched alkanes of at least 4 members (excludes halogenated alkanes) is 7. The number of methoxy groups -OCH3 is 1. The van der Waals surface area contributed by atoms with Gasteiger partial charge in [0.15, 0.2) is 0 Å². The first-order chi connectivity index (χ1) is 13.3. The minimum Gasteiger partial charge on any atom is -0.497 e. The first-order valence-corrected chi connectivity index (χ1v) is 10.2. The van der Waals surface area contributed by atoms with Crippen molar-refractivity contribution in [2.45, 2.75) is 58.3 Å². The smallest absolute Gasteiger partial charge is 0.135 e. The standard InChI is InChI=1S/C23H33N3O/c1-3-4-5-6-7-8-9-10-17-25-23-21(12-11-18-26-23)22(24)19-13-15-20(27-2)16-14-19/h11-16,18,24H,3-10,17H2,1-2H3,(H,25,26). The van der Waals surface area contributed by atoms with Crippen LogP contribution in [0.4, 0.5) is 5.82 Å². The molecule has 0 saturated carbocycles. The van der Waals surface area contributed by atoms with Gasteiger partial charge in [0.05, 0.1) is 12.8 Å². The Kier molecular flexibility index (Phi) is 9.39. The van der Waals surface area contributed by atoms with E-state index in [0.29, 0.717) is 5.71 Å². The van der Waals surface area contributed by atoms with E-state index in [2.05, 4.69) is 17.2 Å². The fourth-order valence-electron chi connectivity index (χ4n) is 3.13. The Bertz CT molecular complexity index is 682. The van der Waals surface area contributed by atoms with Crippen molar-refractivity contribution in [3.8, 4) is 5.75 Å². The van der Waals surface area contributed by atoms with Gasteiger partial charge in [-0.05, 0) is 42.8 Å². The monoisotopic (exact) mass is 367 g/mol. The van der Waals surface area contributed by atoms with Gasteiger partial charge in [0, 0.05) is 23.9 Å². The molecule has 0 atom stereocenters. The summed E-state index contributed by atoms with van der Waals surface area (Å²) in [5, 5.41) is 12.0. The van der Waals surface area contributed by atoms with Crippen LogP contribution in [-0.4, -0.2) is 24.4 Å². The molecule has 0 saturated heterocycles. The van der Waals surface area contributed by atoms with Crippen LogP contribution in [0.25, 0.3) is 0 Å². The van der Waals surface area contributed by atoms with Crippen LogP contribution in [0.15, 0.2) is 42.6 Å². The lowest BCUT2D eigenvalue weighted by Gasteiger charge is -2.12. The summed E-state index contributed by atoms with van der Waals surface area (Å²) in [7, 11) is 1.65. The van der Waals surface area contributed by atoms with E-state index in [1.165, 1.54) is 44.9 Å². The molecule has 0 fully saturated rings. The largest absolute Gasteiger partial charge is 0.497 e. The van der Waals surface area contributed by atoms with Gasteiger partial charge >= 0.3 is 0 Å². The van der Waals surface area contributed by atoms with E-state index in [0.717, 1.165) is 35.7 Å². The van der Waals surface area contributed by atoms with E-state index in [9.17, 15) is 0 Å². The quantitative estimate of drug-likeness (QED) is 0.334. The summed E-state index contributed by atoms with van der Waals surface area (Å²) in [4.78, 5) is 4.45. The first-order valence-electron chi connectivity index (χ1n) is 10.2. The molecular formula is C23H33N3O. The van der Waals surface area contributed by atoms with Gasteiger partial charge in [0.2, 0.25) is 0 Å². The van der Waals surface area contributed by atoms with Gasteiger partial charge in [-0.2, -0.15) is 0 Å². The molecule has 1 heterocycles. The highest BCUT2D eigenvalue weighted by atomic mass is 16.5. The third-order valence-corrected chi connectivity index (χ3v) is 4.78. The molecular weight excluding hydrogens is 334 g/mol. The third-order valence-electron chi connectivity index (χ3n) is 4.78. The highest BCUT2D eigenvalue weighted by Crippen LogP contribution is 2.19. The first kappa shape index (κ1) is 20.9. The number of nitrogens with one attached hydrogen (secondary N) is 2. The highest BCUT2D eigenvalue weighted by molar-refractivity contribution is 6.13. The molecule has 0 radical (unpaired) electrons. The van der Waals surface area contributed by atoms with E-state index in [1.807, 2.05) is 36.4 Å². The van der Waals surface area contributed by atoms with Crippen molar-refractivity contribution in [3.63, 3.8) is 0 Å². The topological polar surface area (TPSA) is 58.0 Å². The van der Waals surface area contributed by atoms with Crippen molar-refractivity contribution in [1.29, 1.82) is 5.41 Å². The Morgan fingerprint density at radius 1 is 0.963 bits per heavy atom. The molecule has 1 aromatic heterocycles. The van der Waals surface area contributed by atoms with E-state index in [1.54, 1.807) is 13.3 Å². The molecule has 0 amide bonds. The molecule has 2 rings (SSSR count). The molecule has 2 N–H and O–H groups in total. The Balaban J connectivity index is 1.81. The number of benzene rings is 1. The van der Waals surface area contributed by atoms with Crippen LogP contribution >= 0.6 is 0 Å². The summed E-state index contributed by atoms with van der Waals surface area (Å²) in [6.07, 6.45) is 12.2. The summed E-state index contributed by atoms with van der Waals surface area (Å²) in [5.74, 6) is 1.59. The predicted molar refractivity (Wildman–Crippen MR) is 114 cm³/mol. The van der Waals surface area contributed by atoms with Crippen LogP contribution in [0, 0.1) is 5.41 Å². The summed E-state index contributed by atoms with van der Waals surface area (Å²) >= 11 is 0. The highest BCUT2D eigenvalue weighted by Gasteiger charge is 2.11. The minimum absolute atomic E-state index is 0.476. The number of aromatic nitrogens is 1. The molecule has 1 aromatic carbocycles. The zero-order valence-electron chi connectivity index (χ0n) is 16.8. The Morgan fingerprint density at radius 2 is 1.63 bits per heavy atom. The van der Waals surface area contributed by atoms with Gasteiger partial charge in [0.25, 0.3) is 0 Å². The predicted octanol–water partition coefficient (Wildman–Crippen LogP) is 6.06. The Hall–Kier alpha value is -2.36. The fraction of sp³-hybridized carbons (Fsp3) is 0.478. The Morgan fingerprint density at radius 3 is 2.30 bits per heavy atom. The molecule has 146 valence electrons. The fourth-order valence-corrected chi connectivity index (χ4v) is 3.13. The summed E-state index contributed by atoms with van der Waals surface area (Å²) in [6, 6.07) is 11.4. The van der Waals surface area contributed by atoms with E-state index in [-0.39, 0.29) is 0 Å². The van der Waals surface area contributed by atoms with Crippen molar-refractivity contribution in [3.05, 3.63) is 53.7 Å². The maximum absolute atomic E-state index is 8.55. The van der Waals surface area contributed by atoms with Gasteiger partial charge < -0.3 is 10.1 Å². The van der Waals surface area contributed by atoms with Crippen LogP contribution < -0.4 is 10.1 Å². The normalized spacial score (nSPS) is 10.6. The maximum atomic E-state index is 8.55. The van der Waals surface area contributed by atoms with Gasteiger partial charge in [-0.1, -0.05) is 51.9 Å². The lowest BCUT2D eigenvalue weighted by molar-refractivity contribution is 0.415. The number of nitrogens with zero attached hydrogens (tertiary/aromatic N) is 1. The molecule has 4 heteroatoms. The van der Waals surface area contributed by atoms with E-state index < -0.39 is 0 Å². The average molecular weight is 368 g/mol. The average Bonchev–Trinajstić information content (AvgIpc) is 2.72. The second kappa shape index (κ2) is 12.1. The second-order valence-electron chi connectivity index (χ2n) is 6.90. The molecule has 27 heavy (non-hydrogen) atoms. The molecule has 0 unspecified atom stereocenters. The summed E-state index contributed by atoms with van der Waals surface area (Å²) < 4.78 is 5.20. The molecule has 2 aromatic rings. The van der Waals surface area contributed by atoms with Crippen molar-refractivity contribution < 1.29 is 4.74 Å². The molecule has 0 bridgehead atoms. The number of ether oxygens (including phenoxy) is 1. The van der Waals surface area contributed by atoms with Crippen LogP contribution in [-0.2, 0) is 0 Å². The SMILES string of the molecule is CCCCCCCCCCNc1ncccc1C(=N)c1ccc(OC)cc1. The number of pyridine rings is 1. The lowest BCUT2D eigenvalue weighted by Crippen LogP contribution is -2.10. The molecule has 0 spiro atoms. The lowest BCUT2D eigenvalue weighted by atomic mass is 10.0. The molecule has 4 nitrogen and oxygen atoms in total. The number of hydrogen-bond acceptors (Lipinski definition) is 4. The van der Waals surface area contributed by atoms with Gasteiger partial charge in [-0.25, -0.2) is 4.98 Å². The van der Waals surface area contributed by atoms with Crippen molar-refractivity contribution in [1.82, 2.24) is 4.98 Å².